The van der Waals surface area contributed by atoms with Crippen LogP contribution in [-0.2, 0) is 0 Å². The van der Waals surface area contributed by atoms with Gasteiger partial charge in [0.2, 0.25) is 0 Å². The summed E-state index contributed by atoms with van der Waals surface area (Å²) in [5.74, 6) is 0. The van der Waals surface area contributed by atoms with Crippen molar-refractivity contribution >= 4 is 0 Å². The van der Waals surface area contributed by atoms with Gasteiger partial charge in [0.05, 0.1) is 0 Å². The first-order valence-electron chi connectivity index (χ1n) is 6.11. The van der Waals surface area contributed by atoms with Crippen LogP contribution in [0.1, 0.15) is 51.9 Å². The molecule has 13 heavy (non-hydrogen) atoms. The van der Waals surface area contributed by atoms with Gasteiger partial charge in [-0.15, -0.1) is 0 Å². The minimum atomic E-state index is 0.834. The number of nitrogens with zero attached hydrogens (tertiary/aromatic N) is 1. The lowest BCUT2D eigenvalue weighted by Gasteiger charge is -2.26. The standard InChI is InChI=1S/C12H21N/c1-2-10-8-12-6-4-3-5-7-13(10)11(12)9-12/h10-11H,2-9H2,1H3/t10-,11-,12+/m1/s1. The van der Waals surface area contributed by atoms with Gasteiger partial charge in [0.1, 0.15) is 0 Å². The number of rotatable bonds is 1. The fourth-order valence-corrected chi connectivity index (χ4v) is 3.89. The first-order chi connectivity index (χ1) is 6.36. The summed E-state index contributed by atoms with van der Waals surface area (Å²) in [7, 11) is 0. The molecule has 2 heterocycles. The third-order valence-corrected chi connectivity index (χ3v) is 4.72. The molecule has 2 bridgehead atoms. The van der Waals surface area contributed by atoms with Gasteiger partial charge in [-0.25, -0.2) is 0 Å². The summed E-state index contributed by atoms with van der Waals surface area (Å²) in [6.07, 6.45) is 10.5. The van der Waals surface area contributed by atoms with Crippen molar-refractivity contribution in [2.75, 3.05) is 6.54 Å². The molecule has 1 heteroatoms. The van der Waals surface area contributed by atoms with Crippen molar-refractivity contribution in [3.05, 3.63) is 0 Å². The van der Waals surface area contributed by atoms with E-state index in [-0.39, 0.29) is 0 Å². The van der Waals surface area contributed by atoms with E-state index < -0.39 is 0 Å². The zero-order chi connectivity index (χ0) is 8.89. The molecule has 0 radical (unpaired) electrons. The van der Waals surface area contributed by atoms with Crippen LogP contribution in [0.4, 0.5) is 0 Å². The fourth-order valence-electron chi connectivity index (χ4n) is 3.89. The van der Waals surface area contributed by atoms with Gasteiger partial charge in [-0.3, -0.25) is 4.90 Å². The molecule has 2 aliphatic heterocycles. The van der Waals surface area contributed by atoms with E-state index in [2.05, 4.69) is 11.8 Å². The molecular formula is C12H21N. The number of hydrogen-bond acceptors (Lipinski definition) is 1. The zero-order valence-corrected chi connectivity index (χ0v) is 8.76. The quantitative estimate of drug-likeness (QED) is 0.598. The zero-order valence-electron chi connectivity index (χ0n) is 8.76. The van der Waals surface area contributed by atoms with E-state index in [9.17, 15) is 0 Å². The van der Waals surface area contributed by atoms with Crippen molar-refractivity contribution in [2.45, 2.75) is 64.0 Å². The molecule has 74 valence electrons. The second kappa shape index (κ2) is 2.73. The van der Waals surface area contributed by atoms with Gasteiger partial charge in [-0.2, -0.15) is 0 Å². The minimum Gasteiger partial charge on any atom is -0.297 e. The third-order valence-electron chi connectivity index (χ3n) is 4.72. The van der Waals surface area contributed by atoms with Crippen LogP contribution >= 0.6 is 0 Å². The second-order valence-electron chi connectivity index (χ2n) is 5.40. The molecule has 1 aliphatic carbocycles. The van der Waals surface area contributed by atoms with Crippen LogP contribution in [0.5, 0.6) is 0 Å². The summed E-state index contributed by atoms with van der Waals surface area (Å²) in [6.45, 7) is 3.78. The highest BCUT2D eigenvalue weighted by Crippen LogP contribution is 2.63. The topological polar surface area (TPSA) is 3.24 Å². The van der Waals surface area contributed by atoms with E-state index in [1.165, 1.54) is 38.6 Å². The van der Waals surface area contributed by atoms with E-state index in [1.54, 1.807) is 12.8 Å². The monoisotopic (exact) mass is 179 g/mol. The third kappa shape index (κ3) is 1.09. The van der Waals surface area contributed by atoms with Crippen molar-refractivity contribution in [1.29, 1.82) is 0 Å². The lowest BCUT2D eigenvalue weighted by Crippen LogP contribution is -2.33. The predicted octanol–water partition coefficient (Wildman–Crippen LogP) is 2.80. The van der Waals surface area contributed by atoms with Gasteiger partial charge in [0.25, 0.3) is 0 Å². The Morgan fingerprint density at radius 1 is 1.23 bits per heavy atom. The van der Waals surface area contributed by atoms with Crippen molar-refractivity contribution in [3.8, 4) is 0 Å². The second-order valence-corrected chi connectivity index (χ2v) is 5.40. The lowest BCUT2D eigenvalue weighted by molar-refractivity contribution is 0.207. The molecule has 1 saturated carbocycles. The Hall–Kier alpha value is -0.0400. The van der Waals surface area contributed by atoms with Gasteiger partial charge in [0.15, 0.2) is 0 Å². The predicted molar refractivity (Wildman–Crippen MR) is 54.7 cm³/mol. The Morgan fingerprint density at radius 2 is 2.15 bits per heavy atom. The highest BCUT2D eigenvalue weighted by atomic mass is 15.3. The summed E-state index contributed by atoms with van der Waals surface area (Å²) >= 11 is 0. The summed E-state index contributed by atoms with van der Waals surface area (Å²) in [5.41, 5.74) is 0.834. The molecule has 3 rings (SSSR count). The fraction of sp³-hybridized carbons (Fsp3) is 1.00. The van der Waals surface area contributed by atoms with E-state index in [0.29, 0.717) is 0 Å². The van der Waals surface area contributed by atoms with Crippen LogP contribution in [0.2, 0.25) is 0 Å². The largest absolute Gasteiger partial charge is 0.297 e. The average Bonchev–Trinajstić information content (AvgIpc) is 2.71. The van der Waals surface area contributed by atoms with Crippen LogP contribution in [0.15, 0.2) is 0 Å². The van der Waals surface area contributed by atoms with E-state index >= 15 is 0 Å². The van der Waals surface area contributed by atoms with Crippen molar-refractivity contribution < 1.29 is 0 Å². The van der Waals surface area contributed by atoms with E-state index in [0.717, 1.165) is 17.5 Å². The molecule has 0 amide bonds. The van der Waals surface area contributed by atoms with E-state index in [4.69, 9.17) is 0 Å². The molecule has 0 spiro atoms. The first kappa shape index (κ1) is 8.28. The molecule has 2 saturated heterocycles. The van der Waals surface area contributed by atoms with Crippen molar-refractivity contribution in [1.82, 2.24) is 4.90 Å². The van der Waals surface area contributed by atoms with Gasteiger partial charge in [0, 0.05) is 12.1 Å². The van der Waals surface area contributed by atoms with Crippen LogP contribution in [0, 0.1) is 5.41 Å². The summed E-state index contributed by atoms with van der Waals surface area (Å²) in [6, 6.07) is 1.98. The maximum absolute atomic E-state index is 2.85. The average molecular weight is 179 g/mol. The molecule has 4 atom stereocenters. The molecule has 3 fully saturated rings. The summed E-state index contributed by atoms with van der Waals surface area (Å²) < 4.78 is 0. The molecule has 0 N–H and O–H groups in total. The molecule has 1 nitrogen and oxygen atoms in total. The van der Waals surface area contributed by atoms with Crippen LogP contribution in [-0.4, -0.2) is 23.5 Å². The Kier molecular flexibility index (Phi) is 1.74. The van der Waals surface area contributed by atoms with Crippen molar-refractivity contribution in [2.24, 2.45) is 5.41 Å². The lowest BCUT2D eigenvalue weighted by atomic mass is 9.92. The maximum Gasteiger partial charge on any atom is 0.0162 e. The SMILES string of the molecule is CC[C@@H]1C[C@]23CCCCCN1[C@@H]2C3. The smallest absolute Gasteiger partial charge is 0.0162 e. The normalized spacial score (nSPS) is 53.8. The Balaban J connectivity index is 1.81. The number of hydrogen-bond donors (Lipinski definition) is 0. The molecular weight excluding hydrogens is 158 g/mol. The Morgan fingerprint density at radius 3 is 3.00 bits per heavy atom. The highest BCUT2D eigenvalue weighted by molar-refractivity contribution is 5.16. The van der Waals surface area contributed by atoms with Gasteiger partial charge in [-0.1, -0.05) is 19.8 Å². The highest BCUT2D eigenvalue weighted by Gasteiger charge is 2.63. The Bertz CT molecular complexity index is 211. The van der Waals surface area contributed by atoms with Gasteiger partial charge < -0.3 is 0 Å². The molecule has 0 aromatic heterocycles. The summed E-state index contributed by atoms with van der Waals surface area (Å²) in [4.78, 5) is 2.85. The maximum atomic E-state index is 2.85. The molecule has 0 aromatic rings. The van der Waals surface area contributed by atoms with Crippen LogP contribution in [0.25, 0.3) is 0 Å². The van der Waals surface area contributed by atoms with Crippen molar-refractivity contribution in [3.63, 3.8) is 0 Å². The van der Waals surface area contributed by atoms with Crippen LogP contribution < -0.4 is 0 Å². The number of piperidine rings is 1. The molecule has 3 aliphatic rings. The minimum absolute atomic E-state index is 0.834. The van der Waals surface area contributed by atoms with E-state index in [1.807, 2.05) is 0 Å². The summed E-state index contributed by atoms with van der Waals surface area (Å²) in [5, 5.41) is 0. The van der Waals surface area contributed by atoms with Gasteiger partial charge >= 0.3 is 0 Å². The van der Waals surface area contributed by atoms with Gasteiger partial charge in [-0.05, 0) is 44.1 Å². The molecule has 1 unspecified atom stereocenters. The molecule has 0 aromatic carbocycles. The Labute approximate surface area is 81.5 Å². The van der Waals surface area contributed by atoms with Crippen LogP contribution in [0.3, 0.4) is 0 Å². The first-order valence-corrected chi connectivity index (χ1v) is 6.11.